The second kappa shape index (κ2) is 42.1. The number of unbranched alkanes of at least 4 members (excludes halogenated alkanes) is 35. The number of hydrogen-bond acceptors (Lipinski definition) is 4. The summed E-state index contributed by atoms with van der Waals surface area (Å²) in [5.41, 5.74) is 0. The second-order valence-electron chi connectivity index (χ2n) is 16.3. The van der Waals surface area contributed by atoms with E-state index in [0.29, 0.717) is 12.8 Å². The van der Waals surface area contributed by atoms with Crippen molar-refractivity contribution in [1.29, 1.82) is 0 Å². The van der Waals surface area contributed by atoms with Crippen LogP contribution in [0.1, 0.15) is 264 Å². The van der Waals surface area contributed by atoms with Crippen molar-refractivity contribution in [3.05, 3.63) is 0 Å². The number of aliphatic hydroxyl groups is 3. The molecule has 0 rings (SSSR count). The van der Waals surface area contributed by atoms with Gasteiger partial charge in [0.25, 0.3) is 0 Å². The standard InChI is InChI=1S/C46H93NO4/c1-3-5-7-9-11-13-14-15-16-17-18-19-20-21-22-23-24-25-26-27-28-29-30-31-32-33-35-37-39-41-45(50)47-43(42-48)46(51)44(49)40-38-36-34-12-10-8-6-4-2/h43-44,46,48-49,51H,3-42H2,1-2H3,(H,47,50)/t43-,44+,46-/m0/s1. The molecule has 0 spiro atoms. The first-order valence-corrected chi connectivity index (χ1v) is 23.3. The highest BCUT2D eigenvalue weighted by molar-refractivity contribution is 5.76. The molecule has 0 aliphatic rings. The molecule has 0 aromatic rings. The zero-order chi connectivity index (χ0) is 37.3. The first kappa shape index (κ1) is 50.4. The maximum absolute atomic E-state index is 12.4. The van der Waals surface area contributed by atoms with Crippen molar-refractivity contribution < 1.29 is 20.1 Å². The predicted octanol–water partition coefficient (Wildman–Crippen LogP) is 13.4. The average molecular weight is 724 g/mol. The molecule has 306 valence electrons. The Hall–Kier alpha value is -0.650. The minimum absolute atomic E-state index is 0.141. The lowest BCUT2D eigenvalue weighted by molar-refractivity contribution is -0.124. The number of carbonyl (C=O) groups excluding carboxylic acids is 1. The zero-order valence-corrected chi connectivity index (χ0v) is 34.8. The summed E-state index contributed by atoms with van der Waals surface area (Å²) in [5, 5.41) is 33.3. The quantitative estimate of drug-likeness (QED) is 0.0472. The first-order chi connectivity index (χ1) is 25.1. The van der Waals surface area contributed by atoms with Gasteiger partial charge < -0.3 is 20.6 Å². The Morgan fingerprint density at radius 2 is 0.667 bits per heavy atom. The van der Waals surface area contributed by atoms with Gasteiger partial charge in [0.2, 0.25) is 5.91 Å². The summed E-state index contributed by atoms with van der Waals surface area (Å²) in [6, 6.07) is -0.801. The van der Waals surface area contributed by atoms with Crippen molar-refractivity contribution in [2.45, 2.75) is 283 Å². The van der Waals surface area contributed by atoms with E-state index in [-0.39, 0.29) is 12.5 Å². The molecule has 0 aliphatic carbocycles. The molecular weight excluding hydrogens is 631 g/mol. The monoisotopic (exact) mass is 724 g/mol. The molecule has 0 fully saturated rings. The molecule has 0 aromatic heterocycles. The van der Waals surface area contributed by atoms with E-state index in [9.17, 15) is 20.1 Å². The van der Waals surface area contributed by atoms with Crippen LogP contribution in [0.15, 0.2) is 0 Å². The van der Waals surface area contributed by atoms with Gasteiger partial charge in [0.1, 0.15) is 6.10 Å². The Kier molecular flexibility index (Phi) is 41.6. The molecule has 0 heterocycles. The number of amides is 1. The third-order valence-electron chi connectivity index (χ3n) is 11.2. The fraction of sp³-hybridized carbons (Fsp3) is 0.978. The van der Waals surface area contributed by atoms with E-state index in [1.54, 1.807) is 0 Å². The number of rotatable bonds is 43. The molecule has 0 bridgehead atoms. The van der Waals surface area contributed by atoms with Crippen LogP contribution in [-0.4, -0.2) is 46.1 Å². The van der Waals surface area contributed by atoms with Crippen LogP contribution in [0.3, 0.4) is 0 Å². The summed E-state index contributed by atoms with van der Waals surface area (Å²) >= 11 is 0. The molecule has 5 heteroatoms. The van der Waals surface area contributed by atoms with Gasteiger partial charge >= 0.3 is 0 Å². The lowest BCUT2D eigenvalue weighted by Gasteiger charge is -2.26. The molecule has 0 radical (unpaired) electrons. The van der Waals surface area contributed by atoms with Crippen molar-refractivity contribution >= 4 is 5.91 Å². The van der Waals surface area contributed by atoms with Gasteiger partial charge in [-0.25, -0.2) is 0 Å². The lowest BCUT2D eigenvalue weighted by Crippen LogP contribution is -2.50. The van der Waals surface area contributed by atoms with Crippen LogP contribution in [0, 0.1) is 0 Å². The molecule has 5 nitrogen and oxygen atoms in total. The van der Waals surface area contributed by atoms with Crippen molar-refractivity contribution in [3.63, 3.8) is 0 Å². The Morgan fingerprint density at radius 3 is 0.941 bits per heavy atom. The smallest absolute Gasteiger partial charge is 0.220 e. The van der Waals surface area contributed by atoms with Gasteiger partial charge in [-0.3, -0.25) is 4.79 Å². The highest BCUT2D eigenvalue weighted by atomic mass is 16.3. The van der Waals surface area contributed by atoms with Crippen molar-refractivity contribution in [2.75, 3.05) is 6.61 Å². The summed E-state index contributed by atoms with van der Waals surface area (Å²) in [6.07, 6.45) is 48.2. The molecule has 0 saturated heterocycles. The van der Waals surface area contributed by atoms with Crippen LogP contribution in [0.25, 0.3) is 0 Å². The van der Waals surface area contributed by atoms with E-state index in [1.165, 1.54) is 199 Å². The molecule has 0 saturated carbocycles. The zero-order valence-electron chi connectivity index (χ0n) is 34.8. The van der Waals surface area contributed by atoms with Gasteiger partial charge in [-0.05, 0) is 12.8 Å². The van der Waals surface area contributed by atoms with Crippen LogP contribution in [0.4, 0.5) is 0 Å². The van der Waals surface area contributed by atoms with E-state index >= 15 is 0 Å². The topological polar surface area (TPSA) is 89.8 Å². The predicted molar refractivity (Wildman–Crippen MR) is 222 cm³/mol. The minimum atomic E-state index is -1.13. The summed E-state index contributed by atoms with van der Waals surface area (Å²) in [7, 11) is 0. The maximum atomic E-state index is 12.4. The SMILES string of the molecule is CCCCCCCCCCCCCCCCCCCCCCCCCCCCCCCC(=O)N[C@@H](CO)[C@H](O)[C@H](O)CCCCCCCCCC. The highest BCUT2D eigenvalue weighted by Gasteiger charge is 2.26. The highest BCUT2D eigenvalue weighted by Crippen LogP contribution is 2.17. The van der Waals surface area contributed by atoms with Gasteiger partial charge in [-0.2, -0.15) is 0 Å². The number of nitrogens with one attached hydrogen (secondary N) is 1. The third-order valence-corrected chi connectivity index (χ3v) is 11.2. The summed E-state index contributed by atoms with van der Waals surface area (Å²) in [4.78, 5) is 12.4. The van der Waals surface area contributed by atoms with Crippen molar-refractivity contribution in [3.8, 4) is 0 Å². The molecule has 51 heavy (non-hydrogen) atoms. The van der Waals surface area contributed by atoms with Crippen LogP contribution in [0.5, 0.6) is 0 Å². The van der Waals surface area contributed by atoms with E-state index in [4.69, 9.17) is 0 Å². The van der Waals surface area contributed by atoms with E-state index in [2.05, 4.69) is 19.2 Å². The number of carbonyl (C=O) groups is 1. The fourth-order valence-electron chi connectivity index (χ4n) is 7.58. The minimum Gasteiger partial charge on any atom is -0.394 e. The second-order valence-corrected chi connectivity index (χ2v) is 16.3. The van der Waals surface area contributed by atoms with Crippen LogP contribution >= 0.6 is 0 Å². The Bertz CT molecular complexity index is 674. The van der Waals surface area contributed by atoms with Crippen molar-refractivity contribution in [1.82, 2.24) is 5.32 Å². The molecule has 3 atom stereocenters. The lowest BCUT2D eigenvalue weighted by atomic mass is 9.99. The molecule has 0 aromatic carbocycles. The normalized spacial score (nSPS) is 13.4. The van der Waals surface area contributed by atoms with Gasteiger partial charge in [0, 0.05) is 6.42 Å². The summed E-state index contributed by atoms with van der Waals surface area (Å²) in [5.74, 6) is -0.141. The van der Waals surface area contributed by atoms with Gasteiger partial charge in [0.15, 0.2) is 0 Å². The fourth-order valence-corrected chi connectivity index (χ4v) is 7.58. The first-order valence-electron chi connectivity index (χ1n) is 23.3. The summed E-state index contributed by atoms with van der Waals surface area (Å²) in [6.45, 7) is 4.16. The van der Waals surface area contributed by atoms with Gasteiger partial charge in [-0.15, -0.1) is 0 Å². The van der Waals surface area contributed by atoms with Crippen LogP contribution < -0.4 is 5.32 Å². The van der Waals surface area contributed by atoms with E-state index < -0.39 is 18.2 Å². The largest absolute Gasteiger partial charge is 0.394 e. The number of aliphatic hydroxyl groups excluding tert-OH is 3. The molecule has 0 unspecified atom stereocenters. The molecule has 4 N–H and O–H groups in total. The Labute approximate surface area is 319 Å². The van der Waals surface area contributed by atoms with Gasteiger partial charge in [0.05, 0.1) is 18.8 Å². The van der Waals surface area contributed by atoms with Crippen molar-refractivity contribution in [2.24, 2.45) is 0 Å². The average Bonchev–Trinajstić information content (AvgIpc) is 3.13. The van der Waals surface area contributed by atoms with Gasteiger partial charge in [-0.1, -0.05) is 245 Å². The number of hydrogen-bond donors (Lipinski definition) is 4. The molecule has 0 aliphatic heterocycles. The van der Waals surface area contributed by atoms with Crippen LogP contribution in [-0.2, 0) is 4.79 Å². The Morgan fingerprint density at radius 1 is 0.412 bits per heavy atom. The maximum Gasteiger partial charge on any atom is 0.220 e. The third kappa shape index (κ3) is 37.5. The van der Waals surface area contributed by atoms with Crippen LogP contribution in [0.2, 0.25) is 0 Å². The summed E-state index contributed by atoms with van der Waals surface area (Å²) < 4.78 is 0. The van der Waals surface area contributed by atoms with E-state index in [0.717, 1.165) is 38.5 Å². The molecule has 1 amide bonds. The Balaban J connectivity index is 3.42. The molecular formula is C46H93NO4. The van der Waals surface area contributed by atoms with E-state index in [1.807, 2.05) is 0 Å².